The Bertz CT molecular complexity index is 2750. The van der Waals surface area contributed by atoms with Crippen LogP contribution < -0.4 is 9.47 Å². The number of benzene rings is 6. The topological polar surface area (TPSA) is 179 Å². The lowest BCUT2D eigenvalue weighted by atomic mass is 9.95. The molecular weight excluding hydrogens is 941 g/mol. The van der Waals surface area contributed by atoms with Gasteiger partial charge in [-0.1, -0.05) is 109 Å². The van der Waals surface area contributed by atoms with Gasteiger partial charge in [0.15, 0.2) is 24.8 Å². The van der Waals surface area contributed by atoms with Gasteiger partial charge in [-0.25, -0.2) is 19.2 Å². The molecule has 3 saturated heterocycles. The number of ether oxygens (including phenoxy) is 12. The first-order valence-electron chi connectivity index (χ1n) is 23.6. The van der Waals surface area contributed by atoms with Gasteiger partial charge in [-0.05, 0) is 72.8 Å². The lowest BCUT2D eigenvalue weighted by Gasteiger charge is -2.50. The van der Waals surface area contributed by atoms with E-state index >= 15 is 0 Å². The van der Waals surface area contributed by atoms with Crippen molar-refractivity contribution in [1.29, 1.82) is 0 Å². The number of rotatable bonds is 18. The number of carbonyl (C=O) groups is 4. The van der Waals surface area contributed by atoms with E-state index in [1.165, 1.54) is 13.2 Å². The number of hydrogen-bond donors (Lipinski definition) is 0. The molecule has 0 N–H and O–H groups in total. The summed E-state index contributed by atoms with van der Waals surface area (Å²) in [5, 5.41) is 0. The fourth-order valence-corrected chi connectivity index (χ4v) is 8.52. The van der Waals surface area contributed by atoms with E-state index in [1.807, 2.05) is 30.3 Å². The molecule has 0 bridgehead atoms. The molecule has 0 spiro atoms. The summed E-state index contributed by atoms with van der Waals surface area (Å²) < 4.78 is 76.6. The predicted octanol–water partition coefficient (Wildman–Crippen LogP) is 8.13. The van der Waals surface area contributed by atoms with Crippen molar-refractivity contribution in [3.63, 3.8) is 0 Å². The Morgan fingerprint density at radius 3 is 1.53 bits per heavy atom. The number of hydrogen-bond acceptors (Lipinski definition) is 16. The Balaban J connectivity index is 1.15. The molecule has 0 radical (unpaired) electrons. The van der Waals surface area contributed by atoms with Crippen LogP contribution in [0.15, 0.2) is 189 Å². The molecule has 16 nitrogen and oxygen atoms in total. The molecule has 6 aromatic carbocycles. The van der Waals surface area contributed by atoms with Crippen LogP contribution in [-0.2, 0) is 47.4 Å². The normalized spacial score (nSPS) is 25.4. The van der Waals surface area contributed by atoms with Crippen molar-refractivity contribution >= 4 is 23.9 Å². The van der Waals surface area contributed by atoms with Gasteiger partial charge in [0.25, 0.3) is 0 Å². The Hall–Kier alpha value is -7.70. The molecule has 9 rings (SSSR count). The van der Waals surface area contributed by atoms with E-state index in [0.29, 0.717) is 5.75 Å². The average molecular weight is 993 g/mol. The van der Waals surface area contributed by atoms with Gasteiger partial charge in [-0.2, -0.15) is 0 Å². The van der Waals surface area contributed by atoms with E-state index in [4.69, 9.17) is 56.8 Å². The Morgan fingerprint density at radius 1 is 0.534 bits per heavy atom. The highest BCUT2D eigenvalue weighted by Crippen LogP contribution is 2.40. The average Bonchev–Trinajstić information content (AvgIpc) is 3.44. The third kappa shape index (κ3) is 12.3. The highest BCUT2D eigenvalue weighted by Gasteiger charge is 2.58. The number of methoxy groups -OCH3 is 1. The standard InChI is InChI=1S/C57H52O16/c1-3-33-63-47-45-44(35-65-55(72-45)40-27-17-8-18-28-40)68-57(49(47)70-53(60)38-23-13-6-14-24-38)73-46-43(34-64-51(58)36-19-9-4-10-20-36)67-56(66-42-31-29-41(62-2)30-32-42)50(71-54(61)39-25-15-7-16-26-39)48(46)69-52(59)37-21-11-5-12-22-37/h3-32,43-50,55-57H,1,33-35H2,2H3/t43-,44-,45+,46+,47+,48+,49-,50-,55?,56-,57-/m1/s1. The van der Waals surface area contributed by atoms with Crippen molar-refractivity contribution in [3.05, 3.63) is 216 Å². The molecule has 0 amide bonds. The zero-order valence-electron chi connectivity index (χ0n) is 39.5. The van der Waals surface area contributed by atoms with Crippen LogP contribution in [0.4, 0.5) is 0 Å². The summed E-state index contributed by atoms with van der Waals surface area (Å²) in [7, 11) is 1.51. The van der Waals surface area contributed by atoms with Crippen LogP contribution in [0, 0.1) is 0 Å². The number of fused-ring (bicyclic) bond motifs is 1. The molecule has 3 fully saturated rings. The van der Waals surface area contributed by atoms with E-state index in [-0.39, 0.29) is 41.2 Å². The third-order valence-electron chi connectivity index (χ3n) is 12.1. The van der Waals surface area contributed by atoms with Crippen LogP contribution >= 0.6 is 0 Å². The zero-order chi connectivity index (χ0) is 50.5. The molecule has 1 unspecified atom stereocenters. The van der Waals surface area contributed by atoms with Gasteiger partial charge in [0.2, 0.25) is 12.4 Å². The monoisotopic (exact) mass is 992 g/mol. The molecule has 0 aliphatic carbocycles. The Morgan fingerprint density at radius 2 is 1.01 bits per heavy atom. The largest absolute Gasteiger partial charge is 0.497 e. The van der Waals surface area contributed by atoms with E-state index in [1.54, 1.807) is 146 Å². The smallest absolute Gasteiger partial charge is 0.338 e. The van der Waals surface area contributed by atoms with Crippen LogP contribution in [0.3, 0.4) is 0 Å². The van der Waals surface area contributed by atoms with Crippen molar-refractivity contribution in [3.8, 4) is 11.5 Å². The van der Waals surface area contributed by atoms with Crippen molar-refractivity contribution in [2.24, 2.45) is 0 Å². The Labute approximate surface area is 421 Å². The van der Waals surface area contributed by atoms with E-state index in [9.17, 15) is 19.2 Å². The van der Waals surface area contributed by atoms with E-state index in [2.05, 4.69) is 6.58 Å². The van der Waals surface area contributed by atoms with E-state index in [0.717, 1.165) is 5.56 Å². The minimum atomic E-state index is -1.65. The first-order valence-corrected chi connectivity index (χ1v) is 23.6. The molecular formula is C57H52O16. The second kappa shape index (κ2) is 24.1. The maximum absolute atomic E-state index is 14.5. The maximum atomic E-state index is 14.5. The van der Waals surface area contributed by atoms with Gasteiger partial charge < -0.3 is 56.8 Å². The van der Waals surface area contributed by atoms with Crippen LogP contribution in [0.2, 0.25) is 0 Å². The molecule has 3 heterocycles. The summed E-state index contributed by atoms with van der Waals surface area (Å²) in [6, 6.07) is 48.6. The minimum absolute atomic E-state index is 0.0238. The molecule has 16 heteroatoms. The van der Waals surface area contributed by atoms with Gasteiger partial charge in [-0.3, -0.25) is 0 Å². The molecule has 11 atom stereocenters. The van der Waals surface area contributed by atoms with Gasteiger partial charge in [-0.15, -0.1) is 6.58 Å². The highest BCUT2D eigenvalue weighted by atomic mass is 16.8. The summed E-state index contributed by atoms with van der Waals surface area (Å²) in [5.41, 5.74) is 1.44. The minimum Gasteiger partial charge on any atom is -0.497 e. The predicted molar refractivity (Wildman–Crippen MR) is 259 cm³/mol. The summed E-state index contributed by atoms with van der Waals surface area (Å²) in [6.07, 6.45) is -13.2. The summed E-state index contributed by atoms with van der Waals surface area (Å²) in [5.74, 6) is -2.41. The molecule has 0 saturated carbocycles. The van der Waals surface area contributed by atoms with E-state index < -0.39 is 98.2 Å². The third-order valence-corrected chi connectivity index (χ3v) is 12.1. The van der Waals surface area contributed by atoms with Gasteiger partial charge in [0.1, 0.15) is 48.6 Å². The van der Waals surface area contributed by atoms with Crippen molar-refractivity contribution in [1.82, 2.24) is 0 Å². The SMILES string of the molecule is C=CCO[C@H]1[C@H]2OC(c3ccccc3)OC[C@H]2O[C@H](O[C@@H]2[C@H](OC(=O)c3ccccc3)[C@@H](OC(=O)c3ccccc3)[C@H](Oc3ccc(OC)cc3)O[C@@H]2COC(=O)c2ccccc2)[C@@H]1OC(=O)c1ccccc1. The Kier molecular flexibility index (Phi) is 16.6. The van der Waals surface area contributed by atoms with Crippen LogP contribution in [0.1, 0.15) is 53.3 Å². The second-order valence-electron chi connectivity index (χ2n) is 16.9. The lowest BCUT2D eigenvalue weighted by Crippen LogP contribution is -2.68. The fourth-order valence-electron chi connectivity index (χ4n) is 8.52. The molecule has 3 aliphatic rings. The van der Waals surface area contributed by atoms with Gasteiger partial charge in [0, 0.05) is 5.56 Å². The molecule has 3 aliphatic heterocycles. The van der Waals surface area contributed by atoms with Gasteiger partial charge >= 0.3 is 23.9 Å². The van der Waals surface area contributed by atoms with Crippen LogP contribution in [-0.4, -0.2) is 112 Å². The number of esters is 4. The molecule has 0 aromatic heterocycles. The van der Waals surface area contributed by atoms with Crippen LogP contribution in [0.5, 0.6) is 11.5 Å². The first kappa shape index (κ1) is 50.2. The summed E-state index contributed by atoms with van der Waals surface area (Å²) in [4.78, 5) is 56.6. The molecule has 73 heavy (non-hydrogen) atoms. The van der Waals surface area contributed by atoms with Crippen molar-refractivity contribution in [2.45, 2.75) is 67.7 Å². The molecule has 6 aromatic rings. The zero-order valence-corrected chi connectivity index (χ0v) is 39.5. The van der Waals surface area contributed by atoms with Crippen molar-refractivity contribution < 1.29 is 76.0 Å². The van der Waals surface area contributed by atoms with Gasteiger partial charge in [0.05, 0.1) is 42.6 Å². The lowest BCUT2D eigenvalue weighted by molar-refractivity contribution is -0.384. The van der Waals surface area contributed by atoms with Crippen LogP contribution in [0.25, 0.3) is 0 Å². The highest BCUT2D eigenvalue weighted by molar-refractivity contribution is 5.91. The number of carbonyl (C=O) groups excluding carboxylic acids is 4. The molecule has 376 valence electrons. The first-order chi connectivity index (χ1) is 35.8. The summed E-state index contributed by atoms with van der Waals surface area (Å²) >= 11 is 0. The quantitative estimate of drug-likeness (QED) is 0.0457. The maximum Gasteiger partial charge on any atom is 0.338 e. The fraction of sp³-hybridized carbons (Fsp3) is 0.263. The van der Waals surface area contributed by atoms with Crippen molar-refractivity contribution in [2.75, 3.05) is 26.9 Å². The summed E-state index contributed by atoms with van der Waals surface area (Å²) in [6.45, 7) is 3.24. The second-order valence-corrected chi connectivity index (χ2v) is 16.9.